The van der Waals surface area contributed by atoms with E-state index in [4.69, 9.17) is 0 Å². The molecule has 2 N–H and O–H groups in total. The van der Waals surface area contributed by atoms with Crippen LogP contribution in [0.25, 0.3) is 0 Å². The third-order valence-electron chi connectivity index (χ3n) is 5.42. The molecule has 0 radical (unpaired) electrons. The molecule has 1 fully saturated rings. The molecule has 0 amide bonds. The second-order valence-corrected chi connectivity index (χ2v) is 10.5. The number of piperidine rings is 1. The fourth-order valence-electron chi connectivity index (χ4n) is 4.09. The van der Waals surface area contributed by atoms with E-state index in [0.717, 1.165) is 49.3 Å². The Hall–Kier alpha value is -1.60. The Morgan fingerprint density at radius 1 is 1.07 bits per heavy atom. The molecule has 164 valence electrons. The molecule has 1 saturated heterocycles. The van der Waals surface area contributed by atoms with Crippen molar-refractivity contribution in [2.45, 2.75) is 44.4 Å². The van der Waals surface area contributed by atoms with Gasteiger partial charge in [-0.1, -0.05) is 26.0 Å². The van der Waals surface area contributed by atoms with E-state index in [-0.39, 0.29) is 0 Å². The lowest BCUT2D eigenvalue weighted by molar-refractivity contribution is 0.139. The first-order chi connectivity index (χ1) is 13.8. The zero-order chi connectivity index (χ0) is 21.3. The van der Waals surface area contributed by atoms with Crippen molar-refractivity contribution in [3.05, 3.63) is 29.8 Å². The number of nitrogens with one attached hydrogen (secondary N) is 2. The van der Waals surface area contributed by atoms with E-state index in [1.165, 1.54) is 38.7 Å². The summed E-state index contributed by atoms with van der Waals surface area (Å²) in [6.07, 6.45) is 5.74. The maximum absolute atomic E-state index is 11.5. The molecule has 0 bridgehead atoms. The van der Waals surface area contributed by atoms with Crippen LogP contribution in [0.5, 0.6) is 0 Å². The molecule has 29 heavy (non-hydrogen) atoms. The van der Waals surface area contributed by atoms with Gasteiger partial charge >= 0.3 is 0 Å². The summed E-state index contributed by atoms with van der Waals surface area (Å²) in [7, 11) is -1.35. The standard InChI is InChI=1S/C22H38N4O2S/c1-18-15-19(2)17-26(16-18)14-6-5-12-24-22(23-3)25-13-11-20-7-9-21(10-8-20)29(4,27)28/h7-10,18-19H,5-6,11-17H2,1-4H3,(H2,23,24,25). The molecular formula is C22H38N4O2S. The number of hydrogen-bond donors (Lipinski definition) is 2. The highest BCUT2D eigenvalue weighted by atomic mass is 32.2. The van der Waals surface area contributed by atoms with Crippen molar-refractivity contribution in [2.24, 2.45) is 16.8 Å². The number of unbranched alkanes of at least 4 members (excludes halogenated alkanes) is 1. The zero-order valence-corrected chi connectivity index (χ0v) is 19.3. The third kappa shape index (κ3) is 8.74. The Kier molecular flexibility index (Phi) is 9.43. The summed E-state index contributed by atoms with van der Waals surface area (Å²) in [5.41, 5.74) is 1.10. The van der Waals surface area contributed by atoms with Crippen molar-refractivity contribution in [1.29, 1.82) is 0 Å². The van der Waals surface area contributed by atoms with Crippen molar-refractivity contribution in [3.8, 4) is 0 Å². The molecule has 0 aliphatic carbocycles. The van der Waals surface area contributed by atoms with Gasteiger partial charge in [0.1, 0.15) is 0 Å². The summed E-state index contributed by atoms with van der Waals surface area (Å²) < 4.78 is 23.0. The lowest BCUT2D eigenvalue weighted by Crippen LogP contribution is -2.40. The Labute approximate surface area is 177 Å². The predicted molar refractivity (Wildman–Crippen MR) is 121 cm³/mol. The van der Waals surface area contributed by atoms with Gasteiger partial charge in [-0.25, -0.2) is 8.42 Å². The molecule has 7 heteroatoms. The lowest BCUT2D eigenvalue weighted by atomic mass is 9.92. The quantitative estimate of drug-likeness (QED) is 0.363. The van der Waals surface area contributed by atoms with Crippen LogP contribution in [-0.2, 0) is 16.3 Å². The van der Waals surface area contributed by atoms with Crippen molar-refractivity contribution >= 4 is 15.8 Å². The second kappa shape index (κ2) is 11.6. The van der Waals surface area contributed by atoms with Crippen LogP contribution in [0.1, 0.15) is 38.7 Å². The van der Waals surface area contributed by atoms with Gasteiger partial charge in [0.15, 0.2) is 15.8 Å². The average Bonchev–Trinajstić information content (AvgIpc) is 2.65. The van der Waals surface area contributed by atoms with Gasteiger partial charge in [0.05, 0.1) is 4.90 Å². The van der Waals surface area contributed by atoms with Crippen LogP contribution >= 0.6 is 0 Å². The Morgan fingerprint density at radius 3 is 2.28 bits per heavy atom. The molecule has 0 saturated carbocycles. The monoisotopic (exact) mass is 422 g/mol. The van der Waals surface area contributed by atoms with E-state index in [9.17, 15) is 8.42 Å². The van der Waals surface area contributed by atoms with Gasteiger partial charge in [-0.15, -0.1) is 0 Å². The summed E-state index contributed by atoms with van der Waals surface area (Å²) >= 11 is 0. The van der Waals surface area contributed by atoms with Crippen molar-refractivity contribution in [1.82, 2.24) is 15.5 Å². The Morgan fingerprint density at radius 2 is 1.69 bits per heavy atom. The molecule has 1 aliphatic heterocycles. The molecule has 1 aromatic rings. The predicted octanol–water partition coefficient (Wildman–Crippen LogP) is 2.56. The van der Waals surface area contributed by atoms with E-state index in [2.05, 4.69) is 34.4 Å². The van der Waals surface area contributed by atoms with Crippen LogP contribution in [0.2, 0.25) is 0 Å². The SMILES string of the molecule is CN=C(NCCCCN1CC(C)CC(C)C1)NCCc1ccc(S(C)(=O)=O)cc1. The first-order valence-corrected chi connectivity index (χ1v) is 12.6. The summed E-state index contributed by atoms with van der Waals surface area (Å²) in [6, 6.07) is 7.08. The van der Waals surface area contributed by atoms with Gasteiger partial charge in [0, 0.05) is 39.5 Å². The molecular weight excluding hydrogens is 384 g/mol. The Balaban J connectivity index is 1.60. The van der Waals surface area contributed by atoms with E-state index >= 15 is 0 Å². The van der Waals surface area contributed by atoms with Gasteiger partial charge in [0.25, 0.3) is 0 Å². The number of nitrogens with zero attached hydrogens (tertiary/aromatic N) is 2. The molecule has 1 aromatic carbocycles. The normalized spacial score (nSPS) is 21.2. The topological polar surface area (TPSA) is 73.8 Å². The number of guanidine groups is 1. The van der Waals surface area contributed by atoms with Gasteiger partial charge in [-0.2, -0.15) is 0 Å². The minimum absolute atomic E-state index is 0.361. The molecule has 2 atom stereocenters. The first-order valence-electron chi connectivity index (χ1n) is 10.7. The molecule has 1 heterocycles. The average molecular weight is 423 g/mol. The number of benzene rings is 1. The number of hydrogen-bond acceptors (Lipinski definition) is 4. The van der Waals surface area contributed by atoms with Gasteiger partial charge < -0.3 is 15.5 Å². The second-order valence-electron chi connectivity index (χ2n) is 8.50. The fourth-order valence-corrected chi connectivity index (χ4v) is 4.72. The largest absolute Gasteiger partial charge is 0.356 e. The minimum atomic E-state index is -3.13. The first kappa shape index (κ1) is 23.7. The highest BCUT2D eigenvalue weighted by molar-refractivity contribution is 7.90. The van der Waals surface area contributed by atoms with Crippen LogP contribution in [0.3, 0.4) is 0 Å². The molecule has 0 aromatic heterocycles. The highest BCUT2D eigenvalue weighted by Crippen LogP contribution is 2.20. The van der Waals surface area contributed by atoms with Crippen molar-refractivity contribution in [2.75, 3.05) is 46.0 Å². The number of aliphatic imine (C=N–C) groups is 1. The maximum atomic E-state index is 11.5. The van der Waals surface area contributed by atoms with E-state index < -0.39 is 9.84 Å². The van der Waals surface area contributed by atoms with E-state index in [1.54, 1.807) is 19.2 Å². The summed E-state index contributed by atoms with van der Waals surface area (Å²) in [6.45, 7) is 10.1. The Bertz CT molecular complexity index is 737. The number of sulfone groups is 1. The summed E-state index contributed by atoms with van der Waals surface area (Å²) in [5.74, 6) is 2.46. The van der Waals surface area contributed by atoms with Gasteiger partial charge in [-0.05, 0) is 61.8 Å². The number of likely N-dealkylation sites (tertiary alicyclic amines) is 1. The molecule has 6 nitrogen and oxygen atoms in total. The smallest absolute Gasteiger partial charge is 0.190 e. The van der Waals surface area contributed by atoms with Crippen molar-refractivity contribution in [3.63, 3.8) is 0 Å². The van der Waals surface area contributed by atoms with E-state index in [0.29, 0.717) is 4.90 Å². The van der Waals surface area contributed by atoms with Gasteiger partial charge in [0.2, 0.25) is 0 Å². The summed E-state index contributed by atoms with van der Waals surface area (Å²) in [5, 5.41) is 6.71. The fraction of sp³-hybridized carbons (Fsp3) is 0.682. The van der Waals surface area contributed by atoms with E-state index in [1.807, 2.05) is 12.1 Å². The third-order valence-corrected chi connectivity index (χ3v) is 6.55. The molecule has 0 spiro atoms. The molecule has 2 rings (SSSR count). The highest BCUT2D eigenvalue weighted by Gasteiger charge is 2.20. The number of rotatable bonds is 9. The van der Waals surface area contributed by atoms with Crippen LogP contribution in [0.4, 0.5) is 0 Å². The van der Waals surface area contributed by atoms with Crippen molar-refractivity contribution < 1.29 is 8.42 Å². The molecule has 1 aliphatic rings. The zero-order valence-electron chi connectivity index (χ0n) is 18.4. The maximum Gasteiger partial charge on any atom is 0.190 e. The summed E-state index contributed by atoms with van der Waals surface area (Å²) in [4.78, 5) is 7.25. The minimum Gasteiger partial charge on any atom is -0.356 e. The van der Waals surface area contributed by atoms with Crippen LogP contribution in [0, 0.1) is 11.8 Å². The lowest BCUT2D eigenvalue weighted by Gasteiger charge is -2.34. The van der Waals surface area contributed by atoms with Crippen LogP contribution in [0.15, 0.2) is 34.2 Å². The van der Waals surface area contributed by atoms with Crippen LogP contribution < -0.4 is 10.6 Å². The van der Waals surface area contributed by atoms with Crippen LogP contribution in [-0.4, -0.2) is 65.3 Å². The molecule has 2 unspecified atom stereocenters. The van der Waals surface area contributed by atoms with Gasteiger partial charge in [-0.3, -0.25) is 4.99 Å².